The second-order valence-electron chi connectivity index (χ2n) is 4.16. The molecule has 1 aromatic carbocycles. The van der Waals surface area contributed by atoms with Crippen LogP contribution >= 0.6 is 11.3 Å². The number of aryl methyl sites for hydroxylation is 1. The Hall–Kier alpha value is -1.40. The summed E-state index contributed by atoms with van der Waals surface area (Å²) in [6.45, 7) is 1.85. The van der Waals surface area contributed by atoms with Gasteiger partial charge in [0.1, 0.15) is 5.82 Å². The van der Waals surface area contributed by atoms with Gasteiger partial charge in [-0.2, -0.15) is 13.2 Å². The molecule has 6 heteroatoms. The van der Waals surface area contributed by atoms with E-state index in [1.54, 1.807) is 12.1 Å². The van der Waals surface area contributed by atoms with E-state index in [4.69, 9.17) is 5.73 Å². The topological polar surface area (TPSA) is 26.0 Å². The highest BCUT2D eigenvalue weighted by molar-refractivity contribution is 7.12. The van der Waals surface area contributed by atoms with Gasteiger partial charge in [0.05, 0.1) is 11.6 Å². The zero-order chi connectivity index (χ0) is 14.2. The molecule has 1 unspecified atom stereocenters. The van der Waals surface area contributed by atoms with Gasteiger partial charge in [0.25, 0.3) is 0 Å². The first-order chi connectivity index (χ1) is 8.79. The molecule has 0 aliphatic heterocycles. The summed E-state index contributed by atoms with van der Waals surface area (Å²) in [5.74, 6) is -0.730. The Bertz CT molecular complexity index is 589. The summed E-state index contributed by atoms with van der Waals surface area (Å²) in [6, 6.07) is 4.90. The number of hydrogen-bond acceptors (Lipinski definition) is 2. The zero-order valence-electron chi connectivity index (χ0n) is 9.96. The van der Waals surface area contributed by atoms with Gasteiger partial charge in [0.2, 0.25) is 0 Å². The van der Waals surface area contributed by atoms with Crippen LogP contribution in [0.5, 0.6) is 0 Å². The summed E-state index contributed by atoms with van der Waals surface area (Å²) in [4.78, 5) is 1.61. The number of hydrogen-bond donors (Lipinski definition) is 1. The molecule has 1 nitrogen and oxygen atoms in total. The molecular weight excluding hydrogens is 278 g/mol. The first-order valence-electron chi connectivity index (χ1n) is 5.47. The maximum absolute atomic E-state index is 13.7. The molecular formula is C13H11F4NS. The number of benzene rings is 1. The van der Waals surface area contributed by atoms with Crippen molar-refractivity contribution in [2.45, 2.75) is 19.1 Å². The van der Waals surface area contributed by atoms with Gasteiger partial charge in [0.15, 0.2) is 0 Å². The Labute approximate surface area is 111 Å². The average Bonchev–Trinajstić information content (AvgIpc) is 2.74. The average molecular weight is 289 g/mol. The Kier molecular flexibility index (Phi) is 3.64. The van der Waals surface area contributed by atoms with Gasteiger partial charge in [-0.15, -0.1) is 11.3 Å². The van der Waals surface area contributed by atoms with Crippen LogP contribution in [-0.4, -0.2) is 0 Å². The van der Waals surface area contributed by atoms with Gasteiger partial charge >= 0.3 is 6.18 Å². The molecule has 0 aliphatic rings. The largest absolute Gasteiger partial charge is 0.416 e. The summed E-state index contributed by atoms with van der Waals surface area (Å²) in [5.41, 5.74) is 4.81. The lowest BCUT2D eigenvalue weighted by Crippen LogP contribution is -2.14. The highest BCUT2D eigenvalue weighted by atomic mass is 32.1. The molecule has 0 radical (unpaired) electrons. The van der Waals surface area contributed by atoms with Crippen molar-refractivity contribution >= 4 is 11.3 Å². The van der Waals surface area contributed by atoms with Crippen molar-refractivity contribution in [1.82, 2.24) is 0 Å². The number of rotatable bonds is 2. The number of halogens is 4. The van der Waals surface area contributed by atoms with Crippen LogP contribution in [0.4, 0.5) is 17.6 Å². The molecule has 0 aliphatic carbocycles. The number of thiophene rings is 1. The highest BCUT2D eigenvalue weighted by Crippen LogP contribution is 2.34. The van der Waals surface area contributed by atoms with Crippen molar-refractivity contribution in [3.63, 3.8) is 0 Å². The van der Waals surface area contributed by atoms with E-state index in [0.29, 0.717) is 10.9 Å². The minimum absolute atomic E-state index is 0.142. The third kappa shape index (κ3) is 2.96. The van der Waals surface area contributed by atoms with Crippen molar-refractivity contribution in [2.75, 3.05) is 0 Å². The Morgan fingerprint density at radius 1 is 1.16 bits per heavy atom. The van der Waals surface area contributed by atoms with Crippen LogP contribution in [0.3, 0.4) is 0 Å². The van der Waals surface area contributed by atoms with E-state index in [1.807, 2.05) is 6.92 Å². The minimum Gasteiger partial charge on any atom is -0.320 e. The van der Waals surface area contributed by atoms with Gasteiger partial charge in [-0.1, -0.05) is 0 Å². The molecule has 0 spiro atoms. The fraction of sp³-hybridized carbons (Fsp3) is 0.231. The lowest BCUT2D eigenvalue weighted by atomic mass is 10.0. The van der Waals surface area contributed by atoms with Crippen LogP contribution in [0, 0.1) is 12.7 Å². The van der Waals surface area contributed by atoms with Crippen LogP contribution in [0.2, 0.25) is 0 Å². The van der Waals surface area contributed by atoms with Crippen molar-refractivity contribution in [3.8, 4) is 0 Å². The predicted octanol–water partition coefficient (Wildman–Crippen LogP) is 4.26. The standard InChI is InChI=1S/C13H11F4NS/c1-7-2-5-11(19-7)12(18)9-6-8(13(15,16)17)3-4-10(9)14/h2-6,12H,18H2,1H3. The second kappa shape index (κ2) is 4.94. The molecule has 1 atom stereocenters. The maximum atomic E-state index is 13.7. The van der Waals surface area contributed by atoms with Crippen molar-refractivity contribution in [2.24, 2.45) is 5.73 Å². The predicted molar refractivity (Wildman–Crippen MR) is 66.5 cm³/mol. The molecule has 2 N–H and O–H groups in total. The molecule has 0 bridgehead atoms. The Morgan fingerprint density at radius 2 is 1.84 bits per heavy atom. The van der Waals surface area contributed by atoms with E-state index in [9.17, 15) is 17.6 Å². The third-order valence-electron chi connectivity index (χ3n) is 2.73. The first-order valence-corrected chi connectivity index (χ1v) is 6.29. The Balaban J connectivity index is 2.44. The maximum Gasteiger partial charge on any atom is 0.416 e. The molecule has 0 saturated carbocycles. The first kappa shape index (κ1) is 14.0. The van der Waals surface area contributed by atoms with Gasteiger partial charge in [-0.3, -0.25) is 0 Å². The van der Waals surface area contributed by atoms with Crippen molar-refractivity contribution in [1.29, 1.82) is 0 Å². The SMILES string of the molecule is Cc1ccc(C(N)c2cc(C(F)(F)F)ccc2F)s1. The van der Waals surface area contributed by atoms with E-state index in [0.717, 1.165) is 17.0 Å². The lowest BCUT2D eigenvalue weighted by molar-refractivity contribution is -0.137. The molecule has 1 heterocycles. The molecule has 19 heavy (non-hydrogen) atoms. The monoisotopic (exact) mass is 289 g/mol. The van der Waals surface area contributed by atoms with Gasteiger partial charge in [-0.25, -0.2) is 4.39 Å². The van der Waals surface area contributed by atoms with E-state index < -0.39 is 23.6 Å². The van der Waals surface area contributed by atoms with Crippen LogP contribution in [0.25, 0.3) is 0 Å². The summed E-state index contributed by atoms with van der Waals surface area (Å²) in [6.07, 6.45) is -4.51. The molecule has 2 rings (SSSR count). The molecule has 0 fully saturated rings. The van der Waals surface area contributed by atoms with Crippen molar-refractivity contribution < 1.29 is 17.6 Å². The zero-order valence-corrected chi connectivity index (χ0v) is 10.8. The summed E-state index contributed by atoms with van der Waals surface area (Å²) in [7, 11) is 0. The normalized spacial score (nSPS) is 13.6. The summed E-state index contributed by atoms with van der Waals surface area (Å²) >= 11 is 1.34. The number of nitrogens with two attached hydrogens (primary N) is 1. The van der Waals surface area contributed by atoms with E-state index in [2.05, 4.69) is 0 Å². The third-order valence-corrected chi connectivity index (χ3v) is 3.81. The van der Waals surface area contributed by atoms with Crippen molar-refractivity contribution in [3.05, 3.63) is 57.0 Å². The molecule has 102 valence electrons. The molecule has 0 saturated heterocycles. The lowest BCUT2D eigenvalue weighted by Gasteiger charge is -2.14. The van der Waals surface area contributed by atoms with Gasteiger partial charge < -0.3 is 5.73 Å². The highest BCUT2D eigenvalue weighted by Gasteiger charge is 2.32. The van der Waals surface area contributed by atoms with Crippen LogP contribution in [0.15, 0.2) is 30.3 Å². The molecule has 0 amide bonds. The van der Waals surface area contributed by atoms with E-state index in [-0.39, 0.29) is 5.56 Å². The van der Waals surface area contributed by atoms with Gasteiger partial charge in [-0.05, 0) is 37.3 Å². The quantitative estimate of drug-likeness (QED) is 0.821. The minimum atomic E-state index is -4.51. The fourth-order valence-electron chi connectivity index (χ4n) is 1.73. The van der Waals surface area contributed by atoms with E-state index >= 15 is 0 Å². The van der Waals surface area contributed by atoms with Crippen LogP contribution in [0.1, 0.15) is 26.9 Å². The smallest absolute Gasteiger partial charge is 0.320 e. The van der Waals surface area contributed by atoms with Gasteiger partial charge in [0, 0.05) is 15.3 Å². The summed E-state index contributed by atoms with van der Waals surface area (Å²) in [5, 5.41) is 0. The number of alkyl halides is 3. The second-order valence-corrected chi connectivity index (χ2v) is 5.48. The Morgan fingerprint density at radius 3 is 2.37 bits per heavy atom. The van der Waals surface area contributed by atoms with Crippen LogP contribution < -0.4 is 5.73 Å². The molecule has 1 aromatic heterocycles. The summed E-state index contributed by atoms with van der Waals surface area (Å²) < 4.78 is 51.5. The molecule has 2 aromatic rings. The van der Waals surface area contributed by atoms with E-state index in [1.165, 1.54) is 11.3 Å². The van der Waals surface area contributed by atoms with Crippen LogP contribution in [-0.2, 0) is 6.18 Å². The fourth-order valence-corrected chi connectivity index (χ4v) is 2.63.